The number of carboxylic acid groups (broad SMARTS) is 1. The van der Waals surface area contributed by atoms with Gasteiger partial charge >= 0.3 is 12.1 Å². The van der Waals surface area contributed by atoms with Crippen LogP contribution in [0.1, 0.15) is 31.1 Å². The van der Waals surface area contributed by atoms with Gasteiger partial charge in [0.25, 0.3) is 0 Å². The first kappa shape index (κ1) is 15.6. The van der Waals surface area contributed by atoms with E-state index >= 15 is 0 Å². The molecule has 0 amide bonds. The van der Waals surface area contributed by atoms with Crippen molar-refractivity contribution in [2.75, 3.05) is 5.32 Å². The maximum absolute atomic E-state index is 12.1. The molecule has 0 saturated carbocycles. The Kier molecular flexibility index (Phi) is 4.16. The maximum atomic E-state index is 12.1. The molecule has 0 spiro atoms. The molecule has 1 heterocycles. The van der Waals surface area contributed by atoms with E-state index < -0.39 is 17.7 Å². The fourth-order valence-corrected chi connectivity index (χ4v) is 1.68. The molecule has 2 N–H and O–H groups in total. The van der Waals surface area contributed by atoms with Crippen LogP contribution in [0.4, 0.5) is 16.4 Å². The second-order valence-electron chi connectivity index (χ2n) is 5.61. The highest BCUT2D eigenvalue weighted by Gasteiger charge is 2.20. The number of nitrogens with zero attached hydrogens (tertiary/aromatic N) is 2. The quantitative estimate of drug-likeness (QED) is 0.905. The third-order valence-electron chi connectivity index (χ3n) is 2.62. The van der Waals surface area contributed by atoms with E-state index in [1.54, 1.807) is 32.9 Å². The molecule has 0 saturated heterocycles. The van der Waals surface area contributed by atoms with Crippen molar-refractivity contribution in [3.05, 3.63) is 42.2 Å². The lowest BCUT2D eigenvalue weighted by Gasteiger charge is -2.20. The van der Waals surface area contributed by atoms with Gasteiger partial charge < -0.3 is 15.2 Å². The second kappa shape index (κ2) is 5.88. The smallest absolute Gasteiger partial charge is 0.421 e. The van der Waals surface area contributed by atoms with Crippen LogP contribution >= 0.6 is 0 Å². The van der Waals surface area contributed by atoms with Crippen LogP contribution in [0.3, 0.4) is 0 Å². The standard InChI is InChI=1S/C15H17N3O4/c1-15(2,3)22-14(21)18-9-8-16-13(18)17-11-6-4-10(5-7-11)12(19)20/h4-9H,1-3H3,(H,16,17)(H,19,20). The molecule has 7 heteroatoms. The number of aromatic carboxylic acids is 1. The lowest BCUT2D eigenvalue weighted by molar-refractivity contribution is 0.0539. The molecule has 1 aromatic carbocycles. The number of ether oxygens (including phenoxy) is 1. The fraction of sp³-hybridized carbons (Fsp3) is 0.267. The van der Waals surface area contributed by atoms with Crippen molar-refractivity contribution >= 4 is 23.7 Å². The third kappa shape index (κ3) is 3.85. The van der Waals surface area contributed by atoms with Crippen LogP contribution in [-0.4, -0.2) is 32.3 Å². The number of carbonyl (C=O) groups is 2. The van der Waals surface area contributed by atoms with Crippen LogP contribution in [0.15, 0.2) is 36.7 Å². The van der Waals surface area contributed by atoms with Crippen LogP contribution in [0.25, 0.3) is 0 Å². The van der Waals surface area contributed by atoms with E-state index in [1.165, 1.54) is 29.1 Å². The predicted molar refractivity (Wildman–Crippen MR) is 80.5 cm³/mol. The third-order valence-corrected chi connectivity index (χ3v) is 2.62. The zero-order valence-electron chi connectivity index (χ0n) is 12.5. The molecule has 1 aromatic heterocycles. The van der Waals surface area contributed by atoms with Crippen molar-refractivity contribution in [1.82, 2.24) is 9.55 Å². The van der Waals surface area contributed by atoms with Crippen molar-refractivity contribution < 1.29 is 19.4 Å². The molecular weight excluding hydrogens is 286 g/mol. The molecule has 0 radical (unpaired) electrons. The van der Waals surface area contributed by atoms with Gasteiger partial charge in [0.2, 0.25) is 5.95 Å². The van der Waals surface area contributed by atoms with Crippen LogP contribution < -0.4 is 5.32 Å². The minimum absolute atomic E-state index is 0.182. The minimum Gasteiger partial charge on any atom is -0.478 e. The molecule has 7 nitrogen and oxygen atoms in total. The molecule has 2 aromatic rings. The first-order valence-corrected chi connectivity index (χ1v) is 6.63. The number of anilines is 2. The number of carbonyl (C=O) groups excluding carboxylic acids is 1. The Labute approximate surface area is 127 Å². The van der Waals surface area contributed by atoms with E-state index in [9.17, 15) is 9.59 Å². The first-order chi connectivity index (χ1) is 10.3. The molecule has 0 unspecified atom stereocenters. The fourth-order valence-electron chi connectivity index (χ4n) is 1.68. The largest absolute Gasteiger partial charge is 0.478 e. The zero-order valence-corrected chi connectivity index (χ0v) is 12.5. The number of nitrogens with one attached hydrogen (secondary N) is 1. The summed E-state index contributed by atoms with van der Waals surface area (Å²) in [6.07, 6.45) is 2.41. The summed E-state index contributed by atoms with van der Waals surface area (Å²) < 4.78 is 6.52. The molecule has 0 bridgehead atoms. The van der Waals surface area contributed by atoms with E-state index in [1.807, 2.05) is 0 Å². The number of aromatic nitrogens is 2. The monoisotopic (exact) mass is 303 g/mol. The lowest BCUT2D eigenvalue weighted by atomic mass is 10.2. The summed E-state index contributed by atoms with van der Waals surface area (Å²) >= 11 is 0. The molecule has 0 aliphatic carbocycles. The normalized spacial score (nSPS) is 11.0. The molecule has 0 fully saturated rings. The summed E-state index contributed by atoms with van der Waals surface area (Å²) in [4.78, 5) is 26.9. The molecule has 22 heavy (non-hydrogen) atoms. The van der Waals surface area contributed by atoms with Gasteiger partial charge in [-0.15, -0.1) is 0 Å². The highest BCUT2D eigenvalue weighted by Crippen LogP contribution is 2.17. The SMILES string of the molecule is CC(C)(C)OC(=O)n1ccnc1Nc1ccc(C(=O)O)cc1. The Morgan fingerprint density at radius 2 is 1.86 bits per heavy atom. The molecule has 0 aliphatic heterocycles. The average Bonchev–Trinajstić information content (AvgIpc) is 2.85. The highest BCUT2D eigenvalue weighted by molar-refractivity contribution is 5.88. The number of hydrogen-bond donors (Lipinski definition) is 2. The Morgan fingerprint density at radius 3 is 2.41 bits per heavy atom. The molecule has 2 rings (SSSR count). The van der Waals surface area contributed by atoms with Gasteiger partial charge in [-0.1, -0.05) is 0 Å². The summed E-state index contributed by atoms with van der Waals surface area (Å²) in [5, 5.41) is 11.8. The average molecular weight is 303 g/mol. The van der Waals surface area contributed by atoms with Gasteiger partial charge in [-0.05, 0) is 45.0 Å². The van der Waals surface area contributed by atoms with E-state index in [0.29, 0.717) is 5.69 Å². The number of carboxylic acids is 1. The summed E-state index contributed by atoms with van der Waals surface area (Å²) in [5.74, 6) is -0.709. The van der Waals surface area contributed by atoms with Gasteiger partial charge in [-0.25, -0.2) is 19.1 Å². The summed E-state index contributed by atoms with van der Waals surface area (Å²) in [7, 11) is 0. The Balaban J connectivity index is 2.16. The van der Waals surface area contributed by atoms with Gasteiger partial charge in [0, 0.05) is 18.1 Å². The summed E-state index contributed by atoms with van der Waals surface area (Å²) in [5.41, 5.74) is 0.184. The maximum Gasteiger partial charge on any atom is 0.421 e. The predicted octanol–water partition coefficient (Wildman–Crippen LogP) is 3.11. The lowest BCUT2D eigenvalue weighted by Crippen LogP contribution is -2.27. The summed E-state index contributed by atoms with van der Waals surface area (Å²) in [6.45, 7) is 5.33. The Hall–Kier alpha value is -2.83. The summed E-state index contributed by atoms with van der Waals surface area (Å²) in [6, 6.07) is 6.12. The van der Waals surface area contributed by atoms with Gasteiger partial charge in [-0.2, -0.15) is 0 Å². The van der Waals surface area contributed by atoms with Gasteiger partial charge in [0.05, 0.1) is 5.56 Å². The van der Waals surface area contributed by atoms with Crippen molar-refractivity contribution in [2.24, 2.45) is 0 Å². The van der Waals surface area contributed by atoms with Crippen LogP contribution in [0.5, 0.6) is 0 Å². The topological polar surface area (TPSA) is 93.5 Å². The van der Waals surface area contributed by atoms with E-state index in [-0.39, 0.29) is 11.5 Å². The number of rotatable bonds is 3. The Morgan fingerprint density at radius 1 is 1.23 bits per heavy atom. The highest BCUT2D eigenvalue weighted by atomic mass is 16.6. The van der Waals surface area contributed by atoms with Crippen molar-refractivity contribution in [1.29, 1.82) is 0 Å². The van der Waals surface area contributed by atoms with E-state index in [4.69, 9.17) is 9.84 Å². The first-order valence-electron chi connectivity index (χ1n) is 6.63. The number of imidazole rings is 1. The number of hydrogen-bond acceptors (Lipinski definition) is 5. The molecule has 116 valence electrons. The van der Waals surface area contributed by atoms with Crippen molar-refractivity contribution in [3.63, 3.8) is 0 Å². The zero-order chi connectivity index (χ0) is 16.3. The van der Waals surface area contributed by atoms with Gasteiger partial charge in [0.15, 0.2) is 0 Å². The molecule has 0 atom stereocenters. The van der Waals surface area contributed by atoms with Gasteiger partial charge in [-0.3, -0.25) is 0 Å². The van der Waals surface area contributed by atoms with E-state index in [2.05, 4.69) is 10.3 Å². The second-order valence-corrected chi connectivity index (χ2v) is 5.61. The van der Waals surface area contributed by atoms with Crippen LogP contribution in [0.2, 0.25) is 0 Å². The molecular formula is C15H17N3O4. The number of benzene rings is 1. The van der Waals surface area contributed by atoms with Crippen molar-refractivity contribution in [2.45, 2.75) is 26.4 Å². The van der Waals surface area contributed by atoms with Crippen molar-refractivity contribution in [3.8, 4) is 0 Å². The van der Waals surface area contributed by atoms with Gasteiger partial charge in [0.1, 0.15) is 5.60 Å². The van der Waals surface area contributed by atoms with E-state index in [0.717, 1.165) is 0 Å². The Bertz CT molecular complexity index is 684. The van der Waals surface area contributed by atoms with Crippen LogP contribution in [0, 0.1) is 0 Å². The minimum atomic E-state index is -0.998. The van der Waals surface area contributed by atoms with Crippen LogP contribution in [-0.2, 0) is 4.74 Å². The molecule has 0 aliphatic rings.